The zero-order valence-corrected chi connectivity index (χ0v) is 17.9. The van der Waals surface area contributed by atoms with Crippen LogP contribution in [-0.2, 0) is 9.59 Å². The molecule has 1 aliphatic heterocycles. The molecule has 4 rings (SSSR count). The van der Waals surface area contributed by atoms with Crippen LogP contribution in [0.4, 0.5) is 15.8 Å². The van der Waals surface area contributed by atoms with Crippen molar-refractivity contribution < 1.29 is 14.0 Å². The molecule has 1 N–H and O–H groups in total. The molecule has 3 aromatic carbocycles. The molecule has 1 heterocycles. The summed E-state index contributed by atoms with van der Waals surface area (Å²) in [6.45, 7) is 2.00. The number of carbonyl (C=O) groups excluding carboxylic acids is 2. The van der Waals surface area contributed by atoms with Crippen LogP contribution < -0.4 is 10.2 Å². The molecule has 0 aromatic heterocycles. The Kier molecular flexibility index (Phi) is 6.37. The highest BCUT2D eigenvalue weighted by Gasteiger charge is 2.34. The van der Waals surface area contributed by atoms with E-state index in [1.807, 2.05) is 61.5 Å². The Hall–Kier alpha value is -3.12. The van der Waals surface area contributed by atoms with Gasteiger partial charge in [0, 0.05) is 11.4 Å². The average Bonchev–Trinajstić information content (AvgIpc) is 3.17. The van der Waals surface area contributed by atoms with Gasteiger partial charge < -0.3 is 5.32 Å². The SMILES string of the molecule is CCC(C(=O)Nc1ccc(C2SCC(=O)N2c2cccc(F)c2)cc1)c1ccccc1. The summed E-state index contributed by atoms with van der Waals surface area (Å²) in [6.07, 6.45) is 0.706. The second kappa shape index (κ2) is 9.35. The maximum atomic E-state index is 13.7. The van der Waals surface area contributed by atoms with Gasteiger partial charge in [-0.2, -0.15) is 0 Å². The second-order valence-electron chi connectivity index (χ2n) is 7.39. The van der Waals surface area contributed by atoms with Gasteiger partial charge in [0.05, 0.1) is 11.7 Å². The molecular weight excluding hydrogens is 411 g/mol. The highest BCUT2D eigenvalue weighted by Crippen LogP contribution is 2.42. The molecule has 2 atom stereocenters. The molecule has 0 saturated carbocycles. The summed E-state index contributed by atoms with van der Waals surface area (Å²) in [4.78, 5) is 26.9. The van der Waals surface area contributed by atoms with E-state index < -0.39 is 0 Å². The van der Waals surface area contributed by atoms with Crippen molar-refractivity contribution in [2.24, 2.45) is 0 Å². The van der Waals surface area contributed by atoms with Crippen LogP contribution in [0.5, 0.6) is 0 Å². The summed E-state index contributed by atoms with van der Waals surface area (Å²) in [5.41, 5.74) is 3.17. The van der Waals surface area contributed by atoms with E-state index in [0.29, 0.717) is 23.5 Å². The maximum absolute atomic E-state index is 13.7. The molecule has 6 heteroatoms. The van der Waals surface area contributed by atoms with E-state index >= 15 is 0 Å². The van der Waals surface area contributed by atoms with Crippen LogP contribution in [0.2, 0.25) is 0 Å². The summed E-state index contributed by atoms with van der Waals surface area (Å²) in [6, 6.07) is 23.3. The summed E-state index contributed by atoms with van der Waals surface area (Å²) >= 11 is 1.50. The number of amides is 2. The fourth-order valence-electron chi connectivity index (χ4n) is 3.79. The molecule has 3 aromatic rings. The number of nitrogens with one attached hydrogen (secondary N) is 1. The smallest absolute Gasteiger partial charge is 0.238 e. The summed E-state index contributed by atoms with van der Waals surface area (Å²) in [5.74, 6) is -0.343. The van der Waals surface area contributed by atoms with Crippen molar-refractivity contribution in [1.82, 2.24) is 0 Å². The fourth-order valence-corrected chi connectivity index (χ4v) is 4.97. The van der Waals surface area contributed by atoms with Crippen molar-refractivity contribution >= 4 is 35.0 Å². The van der Waals surface area contributed by atoms with Gasteiger partial charge in [0.1, 0.15) is 11.2 Å². The van der Waals surface area contributed by atoms with E-state index in [0.717, 1.165) is 11.1 Å². The molecule has 0 radical (unpaired) electrons. The van der Waals surface area contributed by atoms with Crippen LogP contribution in [0.15, 0.2) is 78.9 Å². The number of hydrogen-bond donors (Lipinski definition) is 1. The van der Waals surface area contributed by atoms with Gasteiger partial charge in [-0.25, -0.2) is 4.39 Å². The lowest BCUT2D eigenvalue weighted by Crippen LogP contribution is -2.27. The van der Waals surface area contributed by atoms with Crippen molar-refractivity contribution in [3.63, 3.8) is 0 Å². The topological polar surface area (TPSA) is 49.4 Å². The van der Waals surface area contributed by atoms with Crippen LogP contribution in [0.3, 0.4) is 0 Å². The Morgan fingerprint density at radius 1 is 1.10 bits per heavy atom. The second-order valence-corrected chi connectivity index (χ2v) is 8.46. The molecular formula is C25H23FN2O2S. The molecule has 158 valence electrons. The highest BCUT2D eigenvalue weighted by atomic mass is 32.2. The minimum Gasteiger partial charge on any atom is -0.326 e. The van der Waals surface area contributed by atoms with Gasteiger partial charge in [0.2, 0.25) is 11.8 Å². The fraction of sp³-hybridized carbons (Fsp3) is 0.200. The van der Waals surface area contributed by atoms with Crippen molar-refractivity contribution in [2.45, 2.75) is 24.6 Å². The first-order valence-corrected chi connectivity index (χ1v) is 11.3. The van der Waals surface area contributed by atoms with Crippen LogP contribution in [0, 0.1) is 5.82 Å². The third-order valence-corrected chi connectivity index (χ3v) is 6.56. The van der Waals surface area contributed by atoms with E-state index in [4.69, 9.17) is 0 Å². The quantitative estimate of drug-likeness (QED) is 0.538. The lowest BCUT2D eigenvalue weighted by atomic mass is 9.95. The molecule has 4 nitrogen and oxygen atoms in total. The molecule has 2 amide bonds. The van der Waals surface area contributed by atoms with Gasteiger partial charge in [-0.1, -0.05) is 55.5 Å². The highest BCUT2D eigenvalue weighted by molar-refractivity contribution is 8.00. The summed E-state index contributed by atoms with van der Waals surface area (Å²) in [7, 11) is 0. The number of thioether (sulfide) groups is 1. The first-order valence-electron chi connectivity index (χ1n) is 10.2. The van der Waals surface area contributed by atoms with E-state index in [1.165, 1.54) is 23.9 Å². The lowest BCUT2D eigenvalue weighted by molar-refractivity contribution is -0.118. The summed E-state index contributed by atoms with van der Waals surface area (Å²) in [5, 5.41) is 2.76. The zero-order valence-electron chi connectivity index (χ0n) is 17.1. The minimum absolute atomic E-state index is 0.0479. The Balaban J connectivity index is 1.50. The molecule has 2 unspecified atom stereocenters. The first-order chi connectivity index (χ1) is 15.1. The number of benzene rings is 3. The molecule has 1 saturated heterocycles. The molecule has 0 spiro atoms. The van der Waals surface area contributed by atoms with Gasteiger partial charge in [-0.15, -0.1) is 11.8 Å². The van der Waals surface area contributed by atoms with E-state index in [1.54, 1.807) is 17.0 Å². The minimum atomic E-state index is -0.372. The molecule has 0 bridgehead atoms. The van der Waals surface area contributed by atoms with Crippen molar-refractivity contribution in [1.29, 1.82) is 0 Å². The maximum Gasteiger partial charge on any atom is 0.238 e. The van der Waals surface area contributed by atoms with E-state index in [9.17, 15) is 14.0 Å². The number of anilines is 2. The molecule has 0 aliphatic carbocycles. The number of halogens is 1. The lowest BCUT2D eigenvalue weighted by Gasteiger charge is -2.24. The number of carbonyl (C=O) groups is 2. The Bertz CT molecular complexity index is 1070. The monoisotopic (exact) mass is 434 g/mol. The van der Waals surface area contributed by atoms with Gasteiger partial charge >= 0.3 is 0 Å². The van der Waals surface area contributed by atoms with Gasteiger partial charge in [-0.3, -0.25) is 14.5 Å². The van der Waals surface area contributed by atoms with Crippen LogP contribution in [0.25, 0.3) is 0 Å². The standard InChI is InChI=1S/C25H23FN2O2S/c1-2-22(17-7-4-3-5-8-17)24(30)27-20-13-11-18(12-14-20)25-28(23(29)16-31-25)21-10-6-9-19(26)15-21/h3-15,22,25H,2,16H2,1H3,(H,27,30). The number of nitrogens with zero attached hydrogens (tertiary/aromatic N) is 1. The van der Waals surface area contributed by atoms with E-state index in [-0.39, 0.29) is 28.9 Å². The van der Waals surface area contributed by atoms with E-state index in [2.05, 4.69) is 5.32 Å². The molecule has 31 heavy (non-hydrogen) atoms. The average molecular weight is 435 g/mol. The van der Waals surface area contributed by atoms with Crippen molar-refractivity contribution in [2.75, 3.05) is 16.0 Å². The summed E-state index contributed by atoms with van der Waals surface area (Å²) < 4.78 is 13.7. The zero-order chi connectivity index (χ0) is 21.8. The Labute approximate surface area is 185 Å². The largest absolute Gasteiger partial charge is 0.326 e. The van der Waals surface area contributed by atoms with Crippen molar-refractivity contribution in [3.05, 3.63) is 95.8 Å². The number of rotatable bonds is 6. The van der Waals surface area contributed by atoms with Gasteiger partial charge in [0.15, 0.2) is 0 Å². The van der Waals surface area contributed by atoms with Gasteiger partial charge in [0.25, 0.3) is 0 Å². The van der Waals surface area contributed by atoms with Gasteiger partial charge in [-0.05, 0) is 47.9 Å². The van der Waals surface area contributed by atoms with Crippen LogP contribution in [0.1, 0.15) is 35.8 Å². The Morgan fingerprint density at radius 3 is 2.52 bits per heavy atom. The Morgan fingerprint density at radius 2 is 1.84 bits per heavy atom. The molecule has 1 aliphatic rings. The van der Waals surface area contributed by atoms with Crippen molar-refractivity contribution in [3.8, 4) is 0 Å². The first kappa shape index (κ1) is 21.1. The predicted octanol–water partition coefficient (Wildman–Crippen LogP) is 5.74. The third kappa shape index (κ3) is 4.64. The third-order valence-electron chi connectivity index (χ3n) is 5.34. The normalized spacial score (nSPS) is 16.9. The van der Waals surface area contributed by atoms with Crippen LogP contribution in [-0.4, -0.2) is 17.6 Å². The molecule has 1 fully saturated rings. The number of hydrogen-bond acceptors (Lipinski definition) is 3. The predicted molar refractivity (Wildman–Crippen MR) is 124 cm³/mol. The van der Waals surface area contributed by atoms with Crippen LogP contribution >= 0.6 is 11.8 Å².